The first-order chi connectivity index (χ1) is 14.1. The van der Waals surface area contributed by atoms with Gasteiger partial charge >= 0.3 is 6.18 Å². The monoisotopic (exact) mass is 441 g/mol. The number of anilines is 1. The molecule has 0 saturated heterocycles. The van der Waals surface area contributed by atoms with E-state index in [1.165, 1.54) is 24.3 Å². The van der Waals surface area contributed by atoms with Crippen LogP contribution in [0, 0.1) is 11.6 Å². The summed E-state index contributed by atoms with van der Waals surface area (Å²) in [7, 11) is 0. The Kier molecular flexibility index (Phi) is 6.02. The summed E-state index contributed by atoms with van der Waals surface area (Å²) < 4.78 is 66.3. The Morgan fingerprint density at radius 2 is 1.70 bits per heavy atom. The smallest absolute Gasteiger partial charge is 0.382 e. The third kappa shape index (κ3) is 4.56. The van der Waals surface area contributed by atoms with Gasteiger partial charge in [0.2, 0.25) is 0 Å². The maximum Gasteiger partial charge on any atom is 0.417 e. The van der Waals surface area contributed by atoms with Gasteiger partial charge in [-0.3, -0.25) is 4.79 Å². The van der Waals surface area contributed by atoms with Crippen molar-refractivity contribution in [2.45, 2.75) is 19.0 Å². The zero-order chi connectivity index (χ0) is 22.1. The fourth-order valence-electron chi connectivity index (χ4n) is 2.84. The molecule has 0 bridgehead atoms. The largest absolute Gasteiger partial charge is 0.417 e. The number of aromatic nitrogens is 2. The molecule has 1 heterocycles. The number of alkyl halides is 3. The first-order valence-electron chi connectivity index (χ1n) is 8.54. The maximum atomic E-state index is 13.9. The molecule has 2 aromatic carbocycles. The Bertz CT molecular complexity index is 1100. The Morgan fingerprint density at radius 3 is 2.33 bits per heavy atom. The van der Waals surface area contributed by atoms with Gasteiger partial charge in [0.25, 0.3) is 0 Å². The summed E-state index contributed by atoms with van der Waals surface area (Å²) in [6.45, 7) is 0. The molecule has 0 aliphatic rings. The number of hydrogen-bond acceptors (Lipinski definition) is 4. The molecule has 3 rings (SSSR count). The molecule has 0 spiro atoms. The van der Waals surface area contributed by atoms with Gasteiger partial charge in [-0.1, -0.05) is 17.7 Å². The molecule has 0 radical (unpaired) electrons. The Balaban J connectivity index is 1.84. The number of rotatable bonds is 5. The zero-order valence-corrected chi connectivity index (χ0v) is 15.9. The first-order valence-corrected chi connectivity index (χ1v) is 8.92. The predicted molar refractivity (Wildman–Crippen MR) is 101 cm³/mol. The molecule has 0 atom stereocenters. The highest BCUT2D eigenvalue weighted by Crippen LogP contribution is 2.34. The lowest BCUT2D eigenvalue weighted by molar-refractivity contribution is -0.138. The molecule has 0 aliphatic carbocycles. The summed E-state index contributed by atoms with van der Waals surface area (Å²) in [5.41, 5.74) is 4.15. The fraction of sp³-hybridized carbons (Fsp3) is 0.150. The van der Waals surface area contributed by atoms with Crippen LogP contribution in [-0.2, 0) is 12.6 Å². The lowest BCUT2D eigenvalue weighted by Gasteiger charge is -2.13. The van der Waals surface area contributed by atoms with Crippen molar-refractivity contribution in [2.24, 2.45) is 0 Å². The lowest BCUT2D eigenvalue weighted by Crippen LogP contribution is -2.16. The average molecular weight is 442 g/mol. The van der Waals surface area contributed by atoms with Crippen LogP contribution in [0.5, 0.6) is 0 Å². The molecule has 2 N–H and O–H groups in total. The number of carbonyl (C=O) groups excluding carboxylic acids is 1. The quantitative estimate of drug-likeness (QED) is 0.420. The molecule has 0 saturated carbocycles. The highest BCUT2D eigenvalue weighted by molar-refractivity contribution is 6.31. The number of carbonyl (C=O) groups is 1. The summed E-state index contributed by atoms with van der Waals surface area (Å²) in [4.78, 5) is 20.5. The van der Waals surface area contributed by atoms with E-state index < -0.39 is 41.1 Å². The number of nitrogens with zero attached hydrogens (tertiary/aromatic N) is 2. The minimum atomic E-state index is -4.88. The van der Waals surface area contributed by atoms with Crippen LogP contribution in [0.4, 0.5) is 27.8 Å². The third-order valence-electron chi connectivity index (χ3n) is 4.26. The normalized spacial score (nSPS) is 11.5. The van der Waals surface area contributed by atoms with Crippen molar-refractivity contribution in [3.63, 3.8) is 0 Å². The fourth-order valence-corrected chi connectivity index (χ4v) is 3.09. The van der Waals surface area contributed by atoms with Gasteiger partial charge in [0.05, 0.1) is 16.8 Å². The number of nitrogens with two attached hydrogens (primary N) is 1. The van der Waals surface area contributed by atoms with Crippen LogP contribution in [0.25, 0.3) is 11.3 Å². The van der Waals surface area contributed by atoms with Gasteiger partial charge in [0.1, 0.15) is 23.1 Å². The van der Waals surface area contributed by atoms with E-state index in [-0.39, 0.29) is 28.8 Å². The van der Waals surface area contributed by atoms with Gasteiger partial charge in [-0.15, -0.1) is 0 Å². The molecule has 1 aromatic heterocycles. The van der Waals surface area contributed by atoms with Crippen LogP contribution in [0.3, 0.4) is 0 Å². The van der Waals surface area contributed by atoms with Crippen molar-refractivity contribution >= 4 is 23.2 Å². The summed E-state index contributed by atoms with van der Waals surface area (Å²) in [5.74, 6) is -2.88. The second kappa shape index (κ2) is 8.35. The number of nitrogen functional groups attached to an aromatic ring is 1. The van der Waals surface area contributed by atoms with E-state index in [0.29, 0.717) is 11.6 Å². The van der Waals surface area contributed by atoms with Gasteiger partial charge in [-0.05, 0) is 36.4 Å². The summed E-state index contributed by atoms with van der Waals surface area (Å²) in [6.07, 6.45) is -5.58. The van der Waals surface area contributed by atoms with E-state index in [1.54, 1.807) is 0 Å². The molecule has 4 nitrogen and oxygen atoms in total. The molecular weight excluding hydrogens is 429 g/mol. The summed E-state index contributed by atoms with van der Waals surface area (Å²) in [5, 5.41) is -0.0832. The van der Waals surface area contributed by atoms with Gasteiger partial charge in [-0.2, -0.15) is 13.2 Å². The van der Waals surface area contributed by atoms with Crippen molar-refractivity contribution in [2.75, 3.05) is 5.73 Å². The maximum absolute atomic E-state index is 13.9. The summed E-state index contributed by atoms with van der Waals surface area (Å²) >= 11 is 6.10. The van der Waals surface area contributed by atoms with E-state index >= 15 is 0 Å². The number of aryl methyl sites for hydroxylation is 1. The lowest BCUT2D eigenvalue weighted by atomic mass is 9.98. The van der Waals surface area contributed by atoms with Crippen molar-refractivity contribution in [3.05, 3.63) is 76.1 Å². The van der Waals surface area contributed by atoms with E-state index in [0.717, 1.165) is 12.1 Å². The number of benzene rings is 2. The van der Waals surface area contributed by atoms with E-state index in [9.17, 15) is 26.7 Å². The van der Waals surface area contributed by atoms with E-state index in [2.05, 4.69) is 9.97 Å². The predicted octanol–water partition coefficient (Wildman–Crippen LogP) is 5.49. The van der Waals surface area contributed by atoms with E-state index in [1.807, 2.05) is 0 Å². The molecule has 156 valence electrons. The van der Waals surface area contributed by atoms with Crippen LogP contribution < -0.4 is 5.73 Å². The average Bonchev–Trinajstić information content (AvgIpc) is 2.68. The van der Waals surface area contributed by atoms with Gasteiger partial charge in [-0.25, -0.2) is 18.7 Å². The standard InChI is InChI=1S/C20H13ClF5N3O/c21-18-17(10-4-6-11(22)7-5-10)29-19(27)14(28-18)8-9-15(30)16-12(20(24,25)26)2-1-3-13(16)23/h1-7H,8-9H2,(H2,27,29). The number of ketones is 1. The molecule has 0 unspecified atom stereocenters. The molecular formula is C20H13ClF5N3O. The Hall–Kier alpha value is -3.07. The number of halogens is 6. The SMILES string of the molecule is Nc1nc(-c2ccc(F)cc2)c(Cl)nc1CCC(=O)c1c(F)cccc1C(F)(F)F. The van der Waals surface area contributed by atoms with Crippen LogP contribution in [0.1, 0.15) is 28.0 Å². The second-order valence-corrected chi connectivity index (χ2v) is 6.64. The number of hydrogen-bond donors (Lipinski definition) is 1. The molecule has 0 aliphatic heterocycles. The molecule has 3 aromatic rings. The third-order valence-corrected chi connectivity index (χ3v) is 4.52. The highest BCUT2D eigenvalue weighted by Gasteiger charge is 2.36. The molecule has 0 amide bonds. The Labute approximate surface area is 172 Å². The van der Waals surface area contributed by atoms with Crippen molar-refractivity contribution in [1.82, 2.24) is 9.97 Å². The first kappa shape index (κ1) is 21.6. The Morgan fingerprint density at radius 1 is 1.03 bits per heavy atom. The molecule has 10 heteroatoms. The van der Waals surface area contributed by atoms with Gasteiger partial charge in [0.15, 0.2) is 10.9 Å². The van der Waals surface area contributed by atoms with Crippen LogP contribution in [-0.4, -0.2) is 15.8 Å². The molecule has 0 fully saturated rings. The number of Topliss-reactive ketones (excluding diaryl/α,β-unsaturated/α-hetero) is 1. The van der Waals surface area contributed by atoms with Crippen molar-refractivity contribution in [3.8, 4) is 11.3 Å². The highest BCUT2D eigenvalue weighted by atomic mass is 35.5. The molecule has 30 heavy (non-hydrogen) atoms. The van der Waals surface area contributed by atoms with Gasteiger partial charge in [0, 0.05) is 18.4 Å². The van der Waals surface area contributed by atoms with E-state index in [4.69, 9.17) is 17.3 Å². The van der Waals surface area contributed by atoms with Crippen molar-refractivity contribution < 1.29 is 26.7 Å². The minimum Gasteiger partial charge on any atom is -0.382 e. The summed E-state index contributed by atoms with van der Waals surface area (Å²) in [6, 6.07) is 7.54. The van der Waals surface area contributed by atoms with Crippen LogP contribution in [0.15, 0.2) is 42.5 Å². The van der Waals surface area contributed by atoms with Crippen LogP contribution >= 0.6 is 11.6 Å². The second-order valence-electron chi connectivity index (χ2n) is 6.29. The van der Waals surface area contributed by atoms with Crippen molar-refractivity contribution in [1.29, 1.82) is 0 Å². The topological polar surface area (TPSA) is 68.9 Å². The van der Waals surface area contributed by atoms with Gasteiger partial charge < -0.3 is 5.73 Å². The zero-order valence-electron chi connectivity index (χ0n) is 15.1. The minimum absolute atomic E-state index is 0.0732. The van der Waals surface area contributed by atoms with Crippen LogP contribution in [0.2, 0.25) is 5.15 Å².